The fourth-order valence-corrected chi connectivity index (χ4v) is 0.912. The van der Waals surface area contributed by atoms with Crippen LogP contribution >= 0.6 is 0 Å². The highest BCUT2D eigenvalue weighted by molar-refractivity contribution is 5.00. The molecule has 4 nitrogen and oxygen atoms in total. The Morgan fingerprint density at radius 3 is 2.29 bits per heavy atom. The largest absolute Gasteiger partial charge is 0.321 e. The number of nitrogens with two attached hydrogens (primary N) is 1. The zero-order chi connectivity index (χ0) is 10.9. The maximum atomic E-state index is 12.2. The molecule has 0 amide bonds. The summed E-state index contributed by atoms with van der Waals surface area (Å²) in [6, 6.07) is -0.453. The van der Waals surface area contributed by atoms with Gasteiger partial charge in [0.1, 0.15) is 0 Å². The molecule has 1 aromatic rings. The van der Waals surface area contributed by atoms with E-state index in [2.05, 4.69) is 15.2 Å². The number of nitrogens with one attached hydrogen (secondary N) is 1. The summed E-state index contributed by atoms with van der Waals surface area (Å²) in [4.78, 5) is 3.63. The van der Waals surface area contributed by atoms with Gasteiger partial charge in [0, 0.05) is 0 Å². The van der Waals surface area contributed by atoms with Gasteiger partial charge in [-0.05, 0) is 5.41 Å². The summed E-state index contributed by atoms with van der Waals surface area (Å²) in [7, 11) is 0. The summed E-state index contributed by atoms with van der Waals surface area (Å²) in [6.07, 6.45) is -2.64. The molecule has 0 aromatic carbocycles. The fraction of sp³-hybridized carbons (Fsp3) is 0.750. The quantitative estimate of drug-likeness (QED) is 0.771. The van der Waals surface area contributed by atoms with Crippen molar-refractivity contribution in [1.29, 1.82) is 0 Å². The summed E-state index contributed by atoms with van der Waals surface area (Å²) < 4.78 is 24.3. The van der Waals surface area contributed by atoms with Crippen LogP contribution in [-0.2, 0) is 0 Å². The second-order valence-electron chi connectivity index (χ2n) is 4.22. The lowest BCUT2D eigenvalue weighted by Gasteiger charge is -2.24. The van der Waals surface area contributed by atoms with Crippen LogP contribution in [-0.4, -0.2) is 15.2 Å². The van der Waals surface area contributed by atoms with E-state index in [1.807, 2.05) is 20.8 Å². The second-order valence-corrected chi connectivity index (χ2v) is 4.22. The van der Waals surface area contributed by atoms with Gasteiger partial charge in [0.2, 0.25) is 0 Å². The number of rotatable bonds is 2. The molecule has 1 heterocycles. The molecule has 1 atom stereocenters. The summed E-state index contributed by atoms with van der Waals surface area (Å²) in [5, 5.41) is 5.83. The number of hydrogen-bond acceptors (Lipinski definition) is 3. The molecule has 6 heteroatoms. The molecule has 0 saturated carbocycles. The Balaban J connectivity index is 2.87. The predicted molar refractivity (Wildman–Crippen MR) is 47.7 cm³/mol. The first-order valence-corrected chi connectivity index (χ1v) is 4.28. The molecule has 14 heavy (non-hydrogen) atoms. The van der Waals surface area contributed by atoms with Gasteiger partial charge in [-0.25, -0.2) is 13.8 Å². The third kappa shape index (κ3) is 2.25. The average molecular weight is 204 g/mol. The lowest BCUT2D eigenvalue weighted by Crippen LogP contribution is -2.27. The van der Waals surface area contributed by atoms with Crippen molar-refractivity contribution in [3.05, 3.63) is 11.6 Å². The number of H-pyrrole nitrogens is 1. The number of hydrogen-bond donors (Lipinski definition) is 2. The number of aromatic amines is 1. The van der Waals surface area contributed by atoms with Gasteiger partial charge < -0.3 is 5.73 Å². The number of halogens is 2. The first-order chi connectivity index (χ1) is 6.32. The van der Waals surface area contributed by atoms with E-state index in [0.717, 1.165) is 0 Å². The molecule has 0 radical (unpaired) electrons. The van der Waals surface area contributed by atoms with Gasteiger partial charge >= 0.3 is 0 Å². The van der Waals surface area contributed by atoms with E-state index < -0.39 is 18.3 Å². The van der Waals surface area contributed by atoms with Gasteiger partial charge in [0.15, 0.2) is 11.6 Å². The Labute approximate surface area is 80.9 Å². The Morgan fingerprint density at radius 1 is 1.36 bits per heavy atom. The average Bonchev–Trinajstić information content (AvgIpc) is 2.48. The lowest BCUT2D eigenvalue weighted by atomic mass is 9.87. The Bertz CT molecular complexity index is 303. The third-order valence-electron chi connectivity index (χ3n) is 1.94. The molecule has 1 unspecified atom stereocenters. The molecule has 0 bridgehead atoms. The molecule has 80 valence electrons. The normalized spacial score (nSPS) is 14.8. The number of aromatic nitrogens is 3. The Morgan fingerprint density at radius 2 is 1.93 bits per heavy atom. The lowest BCUT2D eigenvalue weighted by molar-refractivity contribution is 0.140. The van der Waals surface area contributed by atoms with Gasteiger partial charge in [-0.3, -0.25) is 5.10 Å². The zero-order valence-electron chi connectivity index (χ0n) is 8.38. The summed E-state index contributed by atoms with van der Waals surface area (Å²) >= 11 is 0. The zero-order valence-corrected chi connectivity index (χ0v) is 8.38. The van der Waals surface area contributed by atoms with Crippen LogP contribution in [0.3, 0.4) is 0 Å². The molecule has 0 aliphatic heterocycles. The molecule has 0 saturated heterocycles. The molecule has 0 spiro atoms. The molecule has 3 N–H and O–H groups in total. The van der Waals surface area contributed by atoms with Gasteiger partial charge in [-0.15, -0.1) is 0 Å². The third-order valence-corrected chi connectivity index (χ3v) is 1.94. The smallest absolute Gasteiger partial charge is 0.296 e. The first-order valence-electron chi connectivity index (χ1n) is 4.28. The second kappa shape index (κ2) is 3.61. The summed E-state index contributed by atoms with van der Waals surface area (Å²) in [5.74, 6) is -0.201. The summed E-state index contributed by atoms with van der Waals surface area (Å²) in [6.45, 7) is 5.70. The topological polar surface area (TPSA) is 67.6 Å². The molecule has 0 aliphatic rings. The predicted octanol–water partition coefficient (Wildman–Crippen LogP) is 1.79. The SMILES string of the molecule is CC(C)(C)C(N)c1n[nH]c(C(F)F)n1. The van der Waals surface area contributed by atoms with Gasteiger partial charge in [-0.1, -0.05) is 20.8 Å². The van der Waals surface area contributed by atoms with E-state index >= 15 is 0 Å². The van der Waals surface area contributed by atoms with E-state index in [1.54, 1.807) is 0 Å². The van der Waals surface area contributed by atoms with Crippen molar-refractivity contribution >= 4 is 0 Å². The van der Waals surface area contributed by atoms with E-state index in [-0.39, 0.29) is 11.2 Å². The van der Waals surface area contributed by atoms with Crippen LogP contribution in [0.1, 0.15) is 44.9 Å². The molecule has 0 fully saturated rings. The maximum Gasteiger partial charge on any atom is 0.296 e. The Kier molecular flexibility index (Phi) is 2.84. The van der Waals surface area contributed by atoms with E-state index in [9.17, 15) is 8.78 Å². The maximum absolute atomic E-state index is 12.2. The van der Waals surface area contributed by atoms with Crippen molar-refractivity contribution < 1.29 is 8.78 Å². The van der Waals surface area contributed by atoms with Crippen LogP contribution < -0.4 is 5.73 Å². The van der Waals surface area contributed by atoms with Crippen LogP contribution in [0.15, 0.2) is 0 Å². The highest BCUT2D eigenvalue weighted by Gasteiger charge is 2.27. The molecule has 0 aliphatic carbocycles. The van der Waals surface area contributed by atoms with Crippen LogP contribution in [0.4, 0.5) is 8.78 Å². The molecule has 1 rings (SSSR count). The van der Waals surface area contributed by atoms with Crippen molar-refractivity contribution in [2.24, 2.45) is 11.1 Å². The Hall–Kier alpha value is -1.04. The van der Waals surface area contributed by atoms with Crippen LogP contribution in [0.5, 0.6) is 0 Å². The van der Waals surface area contributed by atoms with E-state index in [0.29, 0.717) is 0 Å². The monoisotopic (exact) mass is 204 g/mol. The minimum Gasteiger partial charge on any atom is -0.321 e. The highest BCUT2D eigenvalue weighted by atomic mass is 19.3. The van der Waals surface area contributed by atoms with Gasteiger partial charge in [-0.2, -0.15) is 5.10 Å². The molecule has 1 aromatic heterocycles. The minimum atomic E-state index is -2.64. The van der Waals surface area contributed by atoms with E-state index in [4.69, 9.17) is 5.73 Å². The van der Waals surface area contributed by atoms with Gasteiger partial charge in [0.05, 0.1) is 6.04 Å². The number of nitrogens with zero attached hydrogens (tertiary/aromatic N) is 2. The van der Waals surface area contributed by atoms with Crippen LogP contribution in [0.2, 0.25) is 0 Å². The minimum absolute atomic E-state index is 0.229. The molecular formula is C8H14F2N4. The van der Waals surface area contributed by atoms with Crippen molar-refractivity contribution in [3.63, 3.8) is 0 Å². The van der Waals surface area contributed by atoms with E-state index in [1.165, 1.54) is 0 Å². The van der Waals surface area contributed by atoms with Crippen molar-refractivity contribution in [2.75, 3.05) is 0 Å². The van der Waals surface area contributed by atoms with Gasteiger partial charge in [0.25, 0.3) is 6.43 Å². The fourth-order valence-electron chi connectivity index (χ4n) is 0.912. The van der Waals surface area contributed by atoms with Crippen LogP contribution in [0, 0.1) is 5.41 Å². The first kappa shape index (κ1) is 11.0. The standard InChI is InChI=1S/C8H14F2N4/c1-8(2,3)4(11)6-12-7(5(9)10)14-13-6/h4-5H,11H2,1-3H3,(H,12,13,14). The van der Waals surface area contributed by atoms with Crippen LogP contribution in [0.25, 0.3) is 0 Å². The van der Waals surface area contributed by atoms with Crippen molar-refractivity contribution in [2.45, 2.75) is 33.2 Å². The summed E-state index contributed by atoms with van der Waals surface area (Å²) in [5.41, 5.74) is 5.55. The van der Waals surface area contributed by atoms with Crippen molar-refractivity contribution in [1.82, 2.24) is 15.2 Å². The number of alkyl halides is 2. The molecular weight excluding hydrogens is 190 g/mol. The highest BCUT2D eigenvalue weighted by Crippen LogP contribution is 2.28. The van der Waals surface area contributed by atoms with Crippen molar-refractivity contribution in [3.8, 4) is 0 Å².